The fourth-order valence-electron chi connectivity index (χ4n) is 3.08. The molecule has 0 saturated carbocycles. The lowest BCUT2D eigenvalue weighted by molar-refractivity contribution is 0.387. The summed E-state index contributed by atoms with van der Waals surface area (Å²) in [7, 11) is 1.57. The molecule has 0 fully saturated rings. The lowest BCUT2D eigenvalue weighted by Gasteiger charge is -2.30. The van der Waals surface area contributed by atoms with Gasteiger partial charge in [0, 0.05) is 24.5 Å². The molecule has 24 heavy (non-hydrogen) atoms. The molecule has 1 aliphatic rings. The molecular weight excluding hydrogens is 331 g/mol. The molecule has 0 saturated heterocycles. The zero-order valence-corrected chi connectivity index (χ0v) is 13.7. The van der Waals surface area contributed by atoms with E-state index in [-0.39, 0.29) is 11.3 Å². The third-order valence-corrected chi connectivity index (χ3v) is 4.60. The SMILES string of the molecule is COc1ncnc2c1CN(c1ccc3c(Cl)ccnc3c1F)CC2. The molecule has 0 radical (unpaired) electrons. The van der Waals surface area contributed by atoms with E-state index in [4.69, 9.17) is 16.3 Å². The van der Waals surface area contributed by atoms with Gasteiger partial charge in [0.15, 0.2) is 5.82 Å². The topological polar surface area (TPSA) is 51.1 Å². The fourth-order valence-corrected chi connectivity index (χ4v) is 3.29. The molecule has 1 aromatic carbocycles. The molecule has 0 N–H and O–H groups in total. The molecule has 0 unspecified atom stereocenters. The number of hydrogen-bond acceptors (Lipinski definition) is 5. The summed E-state index contributed by atoms with van der Waals surface area (Å²) in [6, 6.07) is 5.20. The molecule has 4 rings (SSSR count). The van der Waals surface area contributed by atoms with Crippen LogP contribution < -0.4 is 9.64 Å². The Morgan fingerprint density at radius 1 is 1.21 bits per heavy atom. The van der Waals surface area contributed by atoms with Gasteiger partial charge in [-0.2, -0.15) is 0 Å². The number of aromatic nitrogens is 3. The lowest BCUT2D eigenvalue weighted by atomic mass is 10.1. The number of anilines is 1. The first-order chi connectivity index (χ1) is 11.7. The van der Waals surface area contributed by atoms with Gasteiger partial charge in [0.05, 0.1) is 35.6 Å². The van der Waals surface area contributed by atoms with E-state index in [1.807, 2.05) is 4.90 Å². The van der Waals surface area contributed by atoms with Gasteiger partial charge in [0.25, 0.3) is 0 Å². The molecule has 5 nitrogen and oxygen atoms in total. The van der Waals surface area contributed by atoms with E-state index in [1.54, 1.807) is 25.3 Å². The molecule has 122 valence electrons. The summed E-state index contributed by atoms with van der Waals surface area (Å²) < 4.78 is 20.3. The molecule has 1 aliphatic heterocycles. The van der Waals surface area contributed by atoms with Gasteiger partial charge in [-0.1, -0.05) is 11.6 Å². The van der Waals surface area contributed by atoms with Gasteiger partial charge in [0.1, 0.15) is 11.8 Å². The second-order valence-corrected chi connectivity index (χ2v) is 5.97. The molecule has 2 aromatic heterocycles. The highest BCUT2D eigenvalue weighted by Gasteiger charge is 2.24. The number of fused-ring (bicyclic) bond motifs is 2. The summed E-state index contributed by atoms with van der Waals surface area (Å²) in [6.07, 6.45) is 3.71. The summed E-state index contributed by atoms with van der Waals surface area (Å²) >= 11 is 6.12. The number of rotatable bonds is 2. The number of ether oxygens (including phenoxy) is 1. The average Bonchev–Trinajstić information content (AvgIpc) is 2.62. The van der Waals surface area contributed by atoms with Crippen LogP contribution in [0.1, 0.15) is 11.3 Å². The van der Waals surface area contributed by atoms with Crippen molar-refractivity contribution in [2.45, 2.75) is 13.0 Å². The van der Waals surface area contributed by atoms with Crippen molar-refractivity contribution in [3.05, 3.63) is 52.8 Å². The van der Waals surface area contributed by atoms with Crippen LogP contribution in [0, 0.1) is 5.82 Å². The normalized spacial score (nSPS) is 13.9. The maximum atomic E-state index is 15.0. The fraction of sp³-hybridized carbons (Fsp3) is 0.235. The maximum Gasteiger partial charge on any atom is 0.221 e. The molecular formula is C17H14ClFN4O. The maximum absolute atomic E-state index is 15.0. The van der Waals surface area contributed by atoms with E-state index in [2.05, 4.69) is 15.0 Å². The molecule has 3 aromatic rings. The van der Waals surface area contributed by atoms with E-state index in [9.17, 15) is 4.39 Å². The van der Waals surface area contributed by atoms with Crippen molar-refractivity contribution in [1.29, 1.82) is 0 Å². The Hall–Kier alpha value is -2.47. The van der Waals surface area contributed by atoms with Crippen molar-refractivity contribution in [2.75, 3.05) is 18.6 Å². The van der Waals surface area contributed by atoms with Gasteiger partial charge in [0.2, 0.25) is 5.88 Å². The van der Waals surface area contributed by atoms with E-state index < -0.39 is 0 Å². The van der Waals surface area contributed by atoms with Gasteiger partial charge in [-0.05, 0) is 18.2 Å². The first kappa shape index (κ1) is 15.1. The Kier molecular flexibility index (Phi) is 3.69. The largest absolute Gasteiger partial charge is 0.481 e. The Labute approximate surface area is 143 Å². The van der Waals surface area contributed by atoms with Crippen LogP contribution in [0.4, 0.5) is 10.1 Å². The Bertz CT molecular complexity index is 920. The minimum absolute atomic E-state index is 0.280. The summed E-state index contributed by atoms with van der Waals surface area (Å²) in [5, 5.41) is 1.10. The zero-order valence-electron chi connectivity index (χ0n) is 13.0. The standard InChI is InChI=1S/C17H14ClFN4O/c1-24-17-11-8-23(7-5-13(11)21-9-22-17)14-3-2-10-12(18)4-6-20-16(10)15(14)19/h2-4,6,9H,5,7-8H2,1H3. The van der Waals surface area contributed by atoms with Crippen LogP contribution in [0.5, 0.6) is 5.88 Å². The number of hydrogen-bond donors (Lipinski definition) is 0. The molecule has 0 aliphatic carbocycles. The lowest BCUT2D eigenvalue weighted by Crippen LogP contribution is -2.32. The van der Waals surface area contributed by atoms with Crippen LogP contribution >= 0.6 is 11.6 Å². The van der Waals surface area contributed by atoms with Crippen LogP contribution in [0.25, 0.3) is 10.9 Å². The van der Waals surface area contributed by atoms with Crippen molar-refractivity contribution in [3.63, 3.8) is 0 Å². The minimum atomic E-state index is -0.366. The van der Waals surface area contributed by atoms with Gasteiger partial charge in [-0.15, -0.1) is 0 Å². The van der Waals surface area contributed by atoms with Crippen LogP contribution in [0.2, 0.25) is 5.02 Å². The average molecular weight is 345 g/mol. The van der Waals surface area contributed by atoms with Crippen LogP contribution in [-0.4, -0.2) is 28.6 Å². The molecule has 0 spiro atoms. The monoisotopic (exact) mass is 344 g/mol. The van der Waals surface area contributed by atoms with Crippen molar-refractivity contribution in [3.8, 4) is 5.88 Å². The van der Waals surface area contributed by atoms with Crippen molar-refractivity contribution in [1.82, 2.24) is 15.0 Å². The number of methoxy groups -OCH3 is 1. The van der Waals surface area contributed by atoms with Crippen molar-refractivity contribution < 1.29 is 9.13 Å². The molecule has 7 heteroatoms. The summed E-state index contributed by atoms with van der Waals surface area (Å²) in [5.41, 5.74) is 2.61. The Balaban J connectivity index is 1.78. The smallest absolute Gasteiger partial charge is 0.221 e. The van der Waals surface area contributed by atoms with Crippen LogP contribution in [0.15, 0.2) is 30.7 Å². The molecule has 0 amide bonds. The molecule has 0 atom stereocenters. The van der Waals surface area contributed by atoms with Crippen molar-refractivity contribution >= 4 is 28.2 Å². The minimum Gasteiger partial charge on any atom is -0.481 e. The third kappa shape index (κ3) is 2.34. The van der Waals surface area contributed by atoms with E-state index in [0.717, 1.165) is 11.3 Å². The summed E-state index contributed by atoms with van der Waals surface area (Å²) in [4.78, 5) is 14.5. The summed E-state index contributed by atoms with van der Waals surface area (Å²) in [6.45, 7) is 1.15. The molecule has 3 heterocycles. The highest BCUT2D eigenvalue weighted by atomic mass is 35.5. The van der Waals surface area contributed by atoms with E-state index in [1.165, 1.54) is 12.5 Å². The number of benzene rings is 1. The quantitative estimate of drug-likeness (QED) is 0.713. The number of nitrogens with zero attached hydrogens (tertiary/aromatic N) is 4. The second kappa shape index (κ2) is 5.87. The van der Waals surface area contributed by atoms with Crippen LogP contribution in [0.3, 0.4) is 0 Å². The van der Waals surface area contributed by atoms with Gasteiger partial charge in [-0.3, -0.25) is 4.98 Å². The van der Waals surface area contributed by atoms with Gasteiger partial charge >= 0.3 is 0 Å². The Morgan fingerprint density at radius 3 is 2.92 bits per heavy atom. The summed E-state index contributed by atoms with van der Waals surface area (Å²) in [5.74, 6) is 0.168. The first-order valence-electron chi connectivity index (χ1n) is 7.53. The Morgan fingerprint density at radius 2 is 2.08 bits per heavy atom. The zero-order chi connectivity index (χ0) is 16.7. The second-order valence-electron chi connectivity index (χ2n) is 5.57. The predicted molar refractivity (Wildman–Crippen MR) is 90.0 cm³/mol. The first-order valence-corrected chi connectivity index (χ1v) is 7.91. The highest BCUT2D eigenvalue weighted by Crippen LogP contribution is 2.33. The van der Waals surface area contributed by atoms with Crippen molar-refractivity contribution in [2.24, 2.45) is 0 Å². The number of halogens is 2. The van der Waals surface area contributed by atoms with Crippen LogP contribution in [-0.2, 0) is 13.0 Å². The predicted octanol–water partition coefficient (Wildman–Crippen LogP) is 3.39. The van der Waals surface area contributed by atoms with Gasteiger partial charge in [-0.25, -0.2) is 14.4 Å². The van der Waals surface area contributed by atoms with E-state index in [0.29, 0.717) is 41.5 Å². The van der Waals surface area contributed by atoms with E-state index >= 15 is 0 Å². The number of pyridine rings is 1. The molecule has 0 bridgehead atoms. The third-order valence-electron chi connectivity index (χ3n) is 4.27. The van der Waals surface area contributed by atoms with Gasteiger partial charge < -0.3 is 9.64 Å². The highest BCUT2D eigenvalue weighted by molar-refractivity contribution is 6.35.